The summed E-state index contributed by atoms with van der Waals surface area (Å²) in [6, 6.07) is 13.3. The first-order valence-corrected chi connectivity index (χ1v) is 7.68. The van der Waals surface area contributed by atoms with Crippen molar-refractivity contribution in [1.29, 1.82) is 0 Å². The molecular weight excluding hydrogens is 360 g/mol. The molecular formula is C17H13BrN2O3. The number of nitrogens with zero attached hydrogens (tertiary/aromatic N) is 2. The van der Waals surface area contributed by atoms with Gasteiger partial charge in [-0.3, -0.25) is 0 Å². The van der Waals surface area contributed by atoms with Gasteiger partial charge in [0, 0.05) is 5.39 Å². The number of fused-ring (bicyclic) bond motifs is 1. The number of benzene rings is 1. The average Bonchev–Trinajstić information content (AvgIpc) is 2.59. The van der Waals surface area contributed by atoms with E-state index in [1.807, 2.05) is 36.4 Å². The summed E-state index contributed by atoms with van der Waals surface area (Å²) < 4.78 is 11.4. The smallest absolute Gasteiger partial charge is 0.360 e. The Morgan fingerprint density at radius 2 is 1.96 bits per heavy atom. The second-order valence-corrected chi connectivity index (χ2v) is 5.58. The number of ether oxygens (including phenoxy) is 2. The van der Waals surface area contributed by atoms with Gasteiger partial charge in [0.05, 0.1) is 18.8 Å². The lowest BCUT2D eigenvalue weighted by molar-refractivity contribution is 0.0589. The molecule has 0 radical (unpaired) electrons. The Bertz CT molecular complexity index is 853. The summed E-state index contributed by atoms with van der Waals surface area (Å²) in [5, 5.41) is 0.708. The lowest BCUT2D eigenvalue weighted by atomic mass is 10.2. The predicted molar refractivity (Wildman–Crippen MR) is 89.4 cm³/mol. The van der Waals surface area contributed by atoms with E-state index in [1.165, 1.54) is 13.3 Å². The Morgan fingerprint density at radius 3 is 2.70 bits per heavy atom. The van der Waals surface area contributed by atoms with E-state index in [0.29, 0.717) is 27.9 Å². The molecule has 2 heterocycles. The van der Waals surface area contributed by atoms with Crippen LogP contribution in [0.15, 0.2) is 53.3 Å². The van der Waals surface area contributed by atoms with Crippen LogP contribution in [-0.2, 0) is 11.3 Å². The molecule has 0 amide bonds. The lowest BCUT2D eigenvalue weighted by Gasteiger charge is -2.12. The van der Waals surface area contributed by atoms with Crippen LogP contribution in [0.5, 0.6) is 5.75 Å². The van der Waals surface area contributed by atoms with E-state index in [4.69, 9.17) is 9.47 Å². The maximum Gasteiger partial charge on any atom is 0.360 e. The lowest BCUT2D eigenvalue weighted by Crippen LogP contribution is -2.09. The second kappa shape index (κ2) is 6.75. The number of pyridine rings is 2. The number of carbonyl (C=O) groups is 1. The number of esters is 1. The van der Waals surface area contributed by atoms with Crippen molar-refractivity contribution in [3.63, 3.8) is 0 Å². The standard InChI is InChI=1S/C17H13BrN2O3/c1-22-17(21)15-16(23-10-11-5-3-2-4-6-11)12-7-8-14(18)20-13(12)9-19-15/h2-9H,10H2,1H3. The number of aromatic nitrogens is 2. The summed E-state index contributed by atoms with van der Waals surface area (Å²) in [6.45, 7) is 0.321. The molecule has 0 saturated carbocycles. The molecule has 0 atom stereocenters. The fraction of sp³-hybridized carbons (Fsp3) is 0.118. The number of hydrogen-bond acceptors (Lipinski definition) is 5. The average molecular weight is 373 g/mol. The van der Waals surface area contributed by atoms with Crippen LogP contribution in [0.3, 0.4) is 0 Å². The molecule has 0 aliphatic heterocycles. The molecule has 0 bridgehead atoms. The third-order valence-electron chi connectivity index (χ3n) is 3.27. The van der Waals surface area contributed by atoms with Gasteiger partial charge < -0.3 is 9.47 Å². The Balaban J connectivity index is 2.05. The second-order valence-electron chi connectivity index (χ2n) is 4.77. The summed E-state index contributed by atoms with van der Waals surface area (Å²) >= 11 is 3.32. The van der Waals surface area contributed by atoms with E-state index >= 15 is 0 Å². The Morgan fingerprint density at radius 1 is 1.17 bits per heavy atom. The SMILES string of the molecule is COC(=O)c1ncc2nc(Br)ccc2c1OCc1ccccc1. The Kier molecular flexibility index (Phi) is 4.52. The zero-order valence-electron chi connectivity index (χ0n) is 12.3. The molecule has 0 aliphatic carbocycles. The third kappa shape index (κ3) is 3.32. The Hall–Kier alpha value is -2.47. The molecule has 0 N–H and O–H groups in total. The number of carbonyl (C=O) groups excluding carboxylic acids is 1. The van der Waals surface area contributed by atoms with Gasteiger partial charge in [-0.25, -0.2) is 14.8 Å². The van der Waals surface area contributed by atoms with Crippen molar-refractivity contribution in [3.8, 4) is 5.75 Å². The van der Waals surface area contributed by atoms with Gasteiger partial charge in [0.2, 0.25) is 0 Å². The number of halogens is 1. The first kappa shape index (κ1) is 15.4. The van der Waals surface area contributed by atoms with Gasteiger partial charge in [0.25, 0.3) is 0 Å². The van der Waals surface area contributed by atoms with Crippen LogP contribution in [0.1, 0.15) is 16.1 Å². The predicted octanol–water partition coefficient (Wildman–Crippen LogP) is 3.76. The van der Waals surface area contributed by atoms with Crippen LogP contribution in [0.4, 0.5) is 0 Å². The maximum absolute atomic E-state index is 12.0. The van der Waals surface area contributed by atoms with Gasteiger partial charge in [-0.2, -0.15) is 0 Å². The molecule has 0 aliphatic rings. The molecule has 6 heteroatoms. The van der Waals surface area contributed by atoms with Crippen molar-refractivity contribution in [1.82, 2.24) is 9.97 Å². The fourth-order valence-electron chi connectivity index (χ4n) is 2.17. The zero-order valence-corrected chi connectivity index (χ0v) is 13.9. The summed E-state index contributed by atoms with van der Waals surface area (Å²) in [6.07, 6.45) is 1.53. The van der Waals surface area contributed by atoms with Gasteiger partial charge >= 0.3 is 5.97 Å². The fourth-order valence-corrected chi connectivity index (χ4v) is 2.49. The molecule has 2 aromatic heterocycles. The molecule has 0 saturated heterocycles. The summed E-state index contributed by atoms with van der Waals surface area (Å²) in [5.74, 6) is -0.170. The third-order valence-corrected chi connectivity index (χ3v) is 3.71. The van der Waals surface area contributed by atoms with Crippen LogP contribution in [-0.4, -0.2) is 23.0 Å². The Labute approximate surface area is 141 Å². The number of hydrogen-bond donors (Lipinski definition) is 0. The van der Waals surface area contributed by atoms with Crippen molar-refractivity contribution in [2.45, 2.75) is 6.61 Å². The van der Waals surface area contributed by atoms with Crippen LogP contribution in [0.25, 0.3) is 10.9 Å². The highest BCUT2D eigenvalue weighted by molar-refractivity contribution is 9.10. The van der Waals surface area contributed by atoms with Crippen LogP contribution in [0, 0.1) is 0 Å². The topological polar surface area (TPSA) is 61.3 Å². The molecule has 23 heavy (non-hydrogen) atoms. The minimum absolute atomic E-state index is 0.139. The van der Waals surface area contributed by atoms with E-state index in [-0.39, 0.29) is 5.69 Å². The molecule has 0 spiro atoms. The van der Waals surface area contributed by atoms with Crippen molar-refractivity contribution < 1.29 is 14.3 Å². The highest BCUT2D eigenvalue weighted by Crippen LogP contribution is 2.29. The molecule has 1 aromatic carbocycles. The van der Waals surface area contributed by atoms with Crippen molar-refractivity contribution >= 4 is 32.8 Å². The largest absolute Gasteiger partial charge is 0.486 e. The highest BCUT2D eigenvalue weighted by atomic mass is 79.9. The van der Waals surface area contributed by atoms with Crippen molar-refractivity contribution in [2.24, 2.45) is 0 Å². The van der Waals surface area contributed by atoms with Crippen LogP contribution >= 0.6 is 15.9 Å². The van der Waals surface area contributed by atoms with Gasteiger partial charge in [-0.05, 0) is 33.6 Å². The van der Waals surface area contributed by atoms with Gasteiger partial charge in [-0.15, -0.1) is 0 Å². The minimum Gasteiger partial charge on any atom is -0.486 e. The zero-order chi connectivity index (χ0) is 16.2. The molecule has 0 unspecified atom stereocenters. The number of methoxy groups -OCH3 is 1. The first-order chi connectivity index (χ1) is 11.2. The molecule has 3 rings (SSSR count). The summed E-state index contributed by atoms with van der Waals surface area (Å²) in [4.78, 5) is 20.4. The van der Waals surface area contributed by atoms with E-state index in [2.05, 4.69) is 25.9 Å². The molecule has 0 fully saturated rings. The maximum atomic E-state index is 12.0. The highest BCUT2D eigenvalue weighted by Gasteiger charge is 2.19. The monoisotopic (exact) mass is 372 g/mol. The number of rotatable bonds is 4. The van der Waals surface area contributed by atoms with Crippen LogP contribution < -0.4 is 4.74 Å². The van der Waals surface area contributed by atoms with E-state index in [9.17, 15) is 4.79 Å². The summed E-state index contributed by atoms with van der Waals surface area (Å²) in [7, 11) is 1.31. The van der Waals surface area contributed by atoms with Gasteiger partial charge in [0.15, 0.2) is 11.4 Å². The first-order valence-electron chi connectivity index (χ1n) is 6.89. The molecule has 5 nitrogen and oxygen atoms in total. The van der Waals surface area contributed by atoms with Gasteiger partial charge in [-0.1, -0.05) is 30.3 Å². The molecule has 116 valence electrons. The van der Waals surface area contributed by atoms with Crippen molar-refractivity contribution in [2.75, 3.05) is 7.11 Å². The normalized spacial score (nSPS) is 10.5. The van der Waals surface area contributed by atoms with Crippen LogP contribution in [0.2, 0.25) is 0 Å². The van der Waals surface area contributed by atoms with E-state index in [0.717, 1.165) is 5.56 Å². The quantitative estimate of drug-likeness (QED) is 0.515. The van der Waals surface area contributed by atoms with Gasteiger partial charge in [0.1, 0.15) is 11.2 Å². The van der Waals surface area contributed by atoms with E-state index in [1.54, 1.807) is 6.07 Å². The minimum atomic E-state index is -0.544. The van der Waals surface area contributed by atoms with E-state index < -0.39 is 5.97 Å². The molecule has 3 aromatic rings. The summed E-state index contributed by atoms with van der Waals surface area (Å²) in [5.41, 5.74) is 1.76. The van der Waals surface area contributed by atoms with Crippen molar-refractivity contribution in [3.05, 3.63) is 64.5 Å².